The van der Waals surface area contributed by atoms with Crippen LogP contribution in [0.2, 0.25) is 0 Å². The second kappa shape index (κ2) is 8.04. The number of ether oxygens (including phenoxy) is 2. The minimum Gasteiger partial charge on any atom is -0.465 e. The minimum atomic E-state index is -0.934. The molecular weight excluding hydrogens is 324 g/mol. The zero-order chi connectivity index (χ0) is 15.1. The molecule has 1 rings (SSSR count). The van der Waals surface area contributed by atoms with E-state index >= 15 is 0 Å². The van der Waals surface area contributed by atoms with Crippen molar-refractivity contribution in [1.82, 2.24) is 0 Å². The minimum absolute atomic E-state index is 0.238. The molecular formula is C15H19BrO4. The van der Waals surface area contributed by atoms with Crippen LogP contribution in [0.1, 0.15) is 32.3 Å². The fourth-order valence-electron chi connectivity index (χ4n) is 1.93. The lowest BCUT2D eigenvalue weighted by atomic mass is 9.87. The summed E-state index contributed by atoms with van der Waals surface area (Å²) in [6.45, 7) is 5.72. The number of carbonyl (C=O) groups is 2. The van der Waals surface area contributed by atoms with Gasteiger partial charge in [0.2, 0.25) is 0 Å². The van der Waals surface area contributed by atoms with Crippen LogP contribution in [0.25, 0.3) is 0 Å². The highest BCUT2D eigenvalue weighted by atomic mass is 79.9. The summed E-state index contributed by atoms with van der Waals surface area (Å²) in [5.41, 5.74) is 0.888. The molecule has 1 atom stereocenters. The number of benzene rings is 1. The number of hydrogen-bond donors (Lipinski definition) is 0. The summed E-state index contributed by atoms with van der Waals surface area (Å²) in [7, 11) is 0. The van der Waals surface area contributed by atoms with Crippen LogP contribution in [0.4, 0.5) is 0 Å². The van der Waals surface area contributed by atoms with Crippen molar-refractivity contribution in [2.24, 2.45) is 5.92 Å². The Morgan fingerprint density at radius 2 is 1.50 bits per heavy atom. The first-order valence-corrected chi connectivity index (χ1v) is 7.39. The largest absolute Gasteiger partial charge is 0.465 e. The molecule has 0 spiro atoms. The van der Waals surface area contributed by atoms with Crippen LogP contribution >= 0.6 is 15.9 Å². The van der Waals surface area contributed by atoms with E-state index < -0.39 is 17.9 Å². The van der Waals surface area contributed by atoms with Crippen molar-refractivity contribution in [1.29, 1.82) is 0 Å². The third-order valence-electron chi connectivity index (χ3n) is 2.98. The Kier molecular flexibility index (Phi) is 6.71. The van der Waals surface area contributed by atoms with Crippen LogP contribution in [0, 0.1) is 5.92 Å². The van der Waals surface area contributed by atoms with Gasteiger partial charge in [0.15, 0.2) is 5.92 Å². The molecule has 0 saturated heterocycles. The second-order valence-electron chi connectivity index (χ2n) is 4.32. The Balaban J connectivity index is 2.99. The number of esters is 2. The molecule has 0 fully saturated rings. The first-order valence-electron chi connectivity index (χ1n) is 6.60. The first-order chi connectivity index (χ1) is 9.51. The molecule has 0 heterocycles. The maximum Gasteiger partial charge on any atom is 0.320 e. The van der Waals surface area contributed by atoms with Gasteiger partial charge in [0, 0.05) is 10.4 Å². The summed E-state index contributed by atoms with van der Waals surface area (Å²) in [4.78, 5) is 24.0. The van der Waals surface area contributed by atoms with Gasteiger partial charge in [-0.3, -0.25) is 9.59 Å². The smallest absolute Gasteiger partial charge is 0.320 e. The quantitative estimate of drug-likeness (QED) is 0.588. The van der Waals surface area contributed by atoms with Gasteiger partial charge < -0.3 is 9.47 Å². The summed E-state index contributed by atoms with van der Waals surface area (Å²) in [6, 6.07) is 7.50. The zero-order valence-corrected chi connectivity index (χ0v) is 13.5. The van der Waals surface area contributed by atoms with Crippen LogP contribution in [-0.4, -0.2) is 25.2 Å². The molecule has 0 N–H and O–H groups in total. The average Bonchev–Trinajstić information content (AvgIpc) is 2.40. The van der Waals surface area contributed by atoms with E-state index in [0.29, 0.717) is 0 Å². The summed E-state index contributed by atoms with van der Waals surface area (Å²) in [5, 5.41) is 0. The first kappa shape index (κ1) is 16.7. The van der Waals surface area contributed by atoms with E-state index in [2.05, 4.69) is 15.9 Å². The van der Waals surface area contributed by atoms with E-state index in [1.54, 1.807) is 13.8 Å². The third-order valence-corrected chi connectivity index (χ3v) is 3.51. The molecule has 0 aliphatic heterocycles. The van der Waals surface area contributed by atoms with Crippen molar-refractivity contribution in [2.75, 3.05) is 13.2 Å². The molecule has 0 aromatic heterocycles. The van der Waals surface area contributed by atoms with E-state index in [4.69, 9.17) is 9.47 Å². The van der Waals surface area contributed by atoms with Gasteiger partial charge >= 0.3 is 11.9 Å². The summed E-state index contributed by atoms with van der Waals surface area (Å²) in [6.07, 6.45) is 0. The van der Waals surface area contributed by atoms with E-state index in [1.807, 2.05) is 31.2 Å². The molecule has 110 valence electrons. The van der Waals surface area contributed by atoms with Gasteiger partial charge in [-0.2, -0.15) is 0 Å². The molecule has 0 amide bonds. The Labute approximate surface area is 127 Å². The molecule has 0 aliphatic carbocycles. The van der Waals surface area contributed by atoms with Crippen molar-refractivity contribution in [3.63, 3.8) is 0 Å². The Morgan fingerprint density at radius 3 is 1.90 bits per heavy atom. The monoisotopic (exact) mass is 342 g/mol. The Bertz CT molecular complexity index is 437. The second-order valence-corrected chi connectivity index (χ2v) is 5.24. The molecule has 0 aliphatic rings. The number of carbonyl (C=O) groups excluding carboxylic acids is 2. The van der Waals surface area contributed by atoms with Gasteiger partial charge in [-0.05, 0) is 31.5 Å². The van der Waals surface area contributed by atoms with E-state index in [1.165, 1.54) is 0 Å². The highest BCUT2D eigenvalue weighted by molar-refractivity contribution is 9.10. The summed E-state index contributed by atoms with van der Waals surface area (Å²) < 4.78 is 10.9. The molecule has 1 aromatic rings. The highest BCUT2D eigenvalue weighted by Crippen LogP contribution is 2.27. The zero-order valence-electron chi connectivity index (χ0n) is 11.9. The predicted octanol–water partition coefficient (Wildman–Crippen LogP) is 3.30. The normalized spacial score (nSPS) is 12.1. The van der Waals surface area contributed by atoms with Crippen LogP contribution in [-0.2, 0) is 19.1 Å². The predicted molar refractivity (Wildman–Crippen MR) is 79.3 cm³/mol. The highest BCUT2D eigenvalue weighted by Gasteiger charge is 2.35. The maximum atomic E-state index is 12.0. The Morgan fingerprint density at radius 1 is 1.05 bits per heavy atom. The lowest BCUT2D eigenvalue weighted by Crippen LogP contribution is -2.32. The summed E-state index contributed by atoms with van der Waals surface area (Å²) in [5.74, 6) is -2.32. The molecule has 4 nitrogen and oxygen atoms in total. The molecule has 20 heavy (non-hydrogen) atoms. The van der Waals surface area contributed by atoms with Gasteiger partial charge in [-0.25, -0.2) is 0 Å². The van der Waals surface area contributed by atoms with Crippen molar-refractivity contribution in [3.8, 4) is 0 Å². The SMILES string of the molecule is CCOC(=O)C(C(=O)OCC)C(C)c1ccc(Br)cc1. The van der Waals surface area contributed by atoms with E-state index in [9.17, 15) is 9.59 Å². The average molecular weight is 343 g/mol. The number of rotatable bonds is 6. The standard InChI is InChI=1S/C15H19BrO4/c1-4-19-14(17)13(15(18)20-5-2)10(3)11-6-8-12(16)9-7-11/h6-10,13H,4-5H2,1-3H3. The van der Waals surface area contributed by atoms with Crippen molar-refractivity contribution in [2.45, 2.75) is 26.7 Å². The van der Waals surface area contributed by atoms with Crippen molar-refractivity contribution in [3.05, 3.63) is 34.3 Å². The van der Waals surface area contributed by atoms with Gasteiger partial charge in [0.25, 0.3) is 0 Å². The fourth-order valence-corrected chi connectivity index (χ4v) is 2.19. The lowest BCUT2D eigenvalue weighted by Gasteiger charge is -2.21. The molecule has 1 aromatic carbocycles. The Hall–Kier alpha value is -1.36. The molecule has 0 bridgehead atoms. The van der Waals surface area contributed by atoms with Gasteiger partial charge in [-0.1, -0.05) is 35.0 Å². The fraction of sp³-hybridized carbons (Fsp3) is 0.467. The van der Waals surface area contributed by atoms with Gasteiger partial charge in [0.1, 0.15) is 0 Å². The van der Waals surface area contributed by atoms with Crippen LogP contribution in [0.5, 0.6) is 0 Å². The number of halogens is 1. The number of hydrogen-bond acceptors (Lipinski definition) is 4. The summed E-state index contributed by atoms with van der Waals surface area (Å²) >= 11 is 3.36. The van der Waals surface area contributed by atoms with E-state index in [0.717, 1.165) is 10.0 Å². The third kappa shape index (κ3) is 4.34. The molecule has 5 heteroatoms. The van der Waals surface area contributed by atoms with Gasteiger partial charge in [-0.15, -0.1) is 0 Å². The topological polar surface area (TPSA) is 52.6 Å². The van der Waals surface area contributed by atoms with Crippen LogP contribution in [0.15, 0.2) is 28.7 Å². The molecule has 0 saturated carbocycles. The van der Waals surface area contributed by atoms with Crippen LogP contribution < -0.4 is 0 Å². The lowest BCUT2D eigenvalue weighted by molar-refractivity contribution is -0.162. The maximum absolute atomic E-state index is 12.0. The van der Waals surface area contributed by atoms with Crippen LogP contribution in [0.3, 0.4) is 0 Å². The van der Waals surface area contributed by atoms with Gasteiger partial charge in [0.05, 0.1) is 13.2 Å². The van der Waals surface area contributed by atoms with E-state index in [-0.39, 0.29) is 19.1 Å². The molecule has 1 unspecified atom stereocenters. The van der Waals surface area contributed by atoms with Crippen molar-refractivity contribution < 1.29 is 19.1 Å². The van der Waals surface area contributed by atoms with Crippen molar-refractivity contribution >= 4 is 27.9 Å². The molecule has 0 radical (unpaired) electrons.